The normalized spacial score (nSPS) is 11.8. The van der Waals surface area contributed by atoms with E-state index in [0.717, 1.165) is 149 Å². The van der Waals surface area contributed by atoms with Crippen molar-refractivity contribution in [3.8, 4) is 90.1 Å². The van der Waals surface area contributed by atoms with E-state index in [4.69, 9.17) is 43.5 Å². The molecule has 82 heavy (non-hydrogen) atoms. The molecule has 15 aromatic rings. The molecule has 8 bridgehead atoms. The molecule has 0 spiro atoms. The second-order valence-electron chi connectivity index (χ2n) is 20.0. The quantitative estimate of drug-likeness (QED) is 0.163. The van der Waals surface area contributed by atoms with Crippen LogP contribution in [0.15, 0.2) is 219 Å². The molecule has 0 amide bonds. The maximum atomic E-state index is 8.19. The van der Waals surface area contributed by atoms with Gasteiger partial charge >= 0.3 is 21.0 Å². The predicted molar refractivity (Wildman–Crippen MR) is 318 cm³/mol. The second kappa shape index (κ2) is 18.9. The predicted octanol–water partition coefficient (Wildman–Crippen LogP) is 14.9. The summed E-state index contributed by atoms with van der Waals surface area (Å²) >= 11 is 1.06. The van der Waals surface area contributed by atoms with Gasteiger partial charge in [-0.2, -0.15) is 0 Å². The Morgan fingerprint density at radius 3 is 0.915 bits per heavy atom. The van der Waals surface area contributed by atoms with Crippen LogP contribution in [0, 0.1) is 0 Å². The molecule has 0 unspecified atom stereocenters. The van der Waals surface area contributed by atoms with Crippen LogP contribution >= 0.6 is 0 Å². The van der Waals surface area contributed by atoms with Crippen molar-refractivity contribution in [3.63, 3.8) is 0 Å². The van der Waals surface area contributed by atoms with Gasteiger partial charge in [-0.25, -0.2) is 9.97 Å². The van der Waals surface area contributed by atoms with Crippen LogP contribution in [0.4, 0.5) is 0 Å². The molecule has 8 aromatic carbocycles. The van der Waals surface area contributed by atoms with Crippen molar-refractivity contribution in [3.05, 3.63) is 219 Å². The first-order valence-electron chi connectivity index (χ1n) is 26.4. The number of fused-ring (bicyclic) bond motifs is 24. The van der Waals surface area contributed by atoms with Gasteiger partial charge in [0.25, 0.3) is 0 Å². The zero-order valence-corrected chi connectivity index (χ0v) is 44.4. The number of rotatable bonds is 4. The average molecular weight is 1090 g/mol. The number of benzene rings is 8. The summed E-state index contributed by atoms with van der Waals surface area (Å²) in [5, 5.41) is 11.4. The second-order valence-corrected chi connectivity index (χ2v) is 20.0. The van der Waals surface area contributed by atoms with Crippen LogP contribution in [-0.2, 0) is 21.0 Å². The van der Waals surface area contributed by atoms with Crippen LogP contribution < -0.4 is 9.97 Å². The van der Waals surface area contributed by atoms with E-state index in [2.05, 4.69) is 141 Å². The molecule has 0 atom stereocenters. The minimum Gasteiger partial charge on any atom is -0.357 e. The van der Waals surface area contributed by atoms with Gasteiger partial charge in [0.1, 0.15) is 0 Å². The summed E-state index contributed by atoms with van der Waals surface area (Å²) < 4.78 is 8.19. The van der Waals surface area contributed by atoms with Crippen molar-refractivity contribution in [2.24, 2.45) is 0 Å². The van der Waals surface area contributed by atoms with Gasteiger partial charge in [-0.05, 0) is 171 Å². The van der Waals surface area contributed by atoms with Gasteiger partial charge in [-0.1, -0.05) is 97.1 Å². The van der Waals surface area contributed by atoms with Crippen molar-refractivity contribution in [2.75, 3.05) is 0 Å². The van der Waals surface area contributed by atoms with Crippen LogP contribution in [-0.4, -0.2) is 49.8 Å². The zero-order valence-electron chi connectivity index (χ0n) is 43.0. The van der Waals surface area contributed by atoms with E-state index in [0.29, 0.717) is 45.9 Å². The number of hydrogen-bond donors (Lipinski definition) is 0. The number of aromatic nitrogens is 12. The van der Waals surface area contributed by atoms with Gasteiger partial charge in [0, 0.05) is 105 Å². The van der Waals surface area contributed by atoms with E-state index in [-0.39, 0.29) is 0 Å². The third kappa shape index (κ3) is 7.34. The van der Waals surface area contributed by atoms with Gasteiger partial charge in [0.15, 0.2) is 0 Å². The fourth-order valence-corrected chi connectivity index (χ4v) is 12.2. The van der Waals surface area contributed by atoms with E-state index in [9.17, 15) is 0 Å². The van der Waals surface area contributed by atoms with E-state index < -0.39 is 0 Å². The van der Waals surface area contributed by atoms with Gasteiger partial charge in [-0.3, -0.25) is 19.9 Å². The van der Waals surface area contributed by atoms with E-state index in [1.165, 1.54) is 0 Å². The average Bonchev–Trinajstić information content (AvgIpc) is 3.77. The molecule has 0 N–H and O–H groups in total. The Balaban J connectivity index is 0.00000274. The molecule has 7 aromatic heterocycles. The minimum atomic E-state index is 0.445. The molecule has 17 rings (SSSR count). The van der Waals surface area contributed by atoms with Gasteiger partial charge in [0.2, 0.25) is 0 Å². The molecule has 2 aliphatic rings. The Kier molecular flexibility index (Phi) is 10.9. The van der Waals surface area contributed by atoms with Crippen molar-refractivity contribution < 1.29 is 21.0 Å². The van der Waals surface area contributed by atoms with Gasteiger partial charge < -0.3 is 29.9 Å². The fraction of sp³-hybridized carbons (Fsp3) is 0. The number of hydrogen-bond acceptors (Lipinski definition) is 11. The van der Waals surface area contributed by atoms with Crippen molar-refractivity contribution >= 4 is 87.2 Å². The third-order valence-electron chi connectivity index (χ3n) is 15.6. The van der Waals surface area contributed by atoms with E-state index in [1.807, 2.05) is 98.1 Å². The van der Waals surface area contributed by atoms with Crippen molar-refractivity contribution in [1.29, 1.82) is 0 Å². The molecular formula is C68H36N12OV. The molecule has 9 heterocycles. The number of pyridine rings is 4. The van der Waals surface area contributed by atoms with E-state index >= 15 is 0 Å². The summed E-state index contributed by atoms with van der Waals surface area (Å²) in [4.78, 5) is 62.4. The summed E-state index contributed by atoms with van der Waals surface area (Å²) in [5.41, 5.74) is 12.6. The molecule has 379 valence electrons. The smallest absolute Gasteiger partial charge is 0.0934 e. The first-order valence-corrected chi connectivity index (χ1v) is 27.0. The molecular weight excluding hydrogens is 1050 g/mol. The number of nitrogens with zero attached hydrogens (tertiary/aromatic N) is 12. The SMILES string of the molecule is [O]=[V+2].c1ccc2c(-c3ccncc3)c3c(cc2c1)-c1nc-3nc2[n-]c(nc3nc(nc4[n-]c(n1)c1c(-c5ccncc5)c5ccccc5cc41)-c1c-3cc3ccccc3c1-c1ccncc1)c1c(-c3ccncc3)c3ccccc3cc21. The Hall–Kier alpha value is -10.9. The van der Waals surface area contributed by atoms with Crippen LogP contribution in [0.3, 0.4) is 0 Å². The molecule has 0 saturated heterocycles. The maximum Gasteiger partial charge on any atom is 0.0934 e. The topological polar surface area (TPSA) is 174 Å². The zero-order chi connectivity index (χ0) is 54.4. The summed E-state index contributed by atoms with van der Waals surface area (Å²) in [5.74, 6) is 1.78. The maximum absolute atomic E-state index is 8.19. The molecule has 14 heteroatoms. The van der Waals surface area contributed by atoms with E-state index in [1.54, 1.807) is 0 Å². The first-order chi connectivity index (χ1) is 40.7. The van der Waals surface area contributed by atoms with Crippen LogP contribution in [0.5, 0.6) is 0 Å². The Morgan fingerprint density at radius 2 is 0.561 bits per heavy atom. The standard InChI is InChI=1S/C68H36N12.O.V/c1-5-13-45-41(9-1)33-49-57(53(45)37-17-25-69-26-18-37)65-73-61(49)77-66-58-50(34-42-10-2-6-14-46(42)54(58)38-19-27-70-28-20-38)63(74-66)79-68-60-52(36-44-12-4-8-16-48(44)56(60)40-23-31-72-32-24-40)64(76-68)80-67-59-51(62(75-67)78-65)35-43-11-3-7-15-47(43)55(59)39-21-29-71-30-22-39;;/h1-36H;;/q-2;;+2. The van der Waals surface area contributed by atoms with Crippen molar-refractivity contribution in [2.45, 2.75) is 0 Å². The summed E-state index contributed by atoms with van der Waals surface area (Å²) in [7, 11) is 0. The Bertz CT molecular complexity index is 5000. The molecule has 0 saturated carbocycles. The third-order valence-corrected chi connectivity index (χ3v) is 15.6. The fourth-order valence-electron chi connectivity index (χ4n) is 12.2. The Labute approximate surface area is 474 Å². The molecule has 0 radical (unpaired) electrons. The monoisotopic (exact) mass is 1090 g/mol. The molecule has 0 aliphatic carbocycles. The minimum absolute atomic E-state index is 0.445. The molecule has 0 fully saturated rings. The summed E-state index contributed by atoms with van der Waals surface area (Å²) in [6, 6.07) is 58.5. The largest absolute Gasteiger partial charge is 0.357 e. The van der Waals surface area contributed by atoms with Crippen LogP contribution in [0.2, 0.25) is 0 Å². The summed E-state index contributed by atoms with van der Waals surface area (Å²) in [6.07, 6.45) is 14.6. The Morgan fingerprint density at radius 1 is 0.268 bits per heavy atom. The van der Waals surface area contributed by atoms with Crippen molar-refractivity contribution in [1.82, 2.24) is 59.8 Å². The van der Waals surface area contributed by atoms with Crippen LogP contribution in [0.25, 0.3) is 177 Å². The summed E-state index contributed by atoms with van der Waals surface area (Å²) in [6.45, 7) is 0. The molecule has 2 aliphatic heterocycles. The van der Waals surface area contributed by atoms with Gasteiger partial charge in [-0.15, -0.1) is 0 Å². The molecule has 13 nitrogen and oxygen atoms in total. The van der Waals surface area contributed by atoms with Crippen LogP contribution in [0.1, 0.15) is 0 Å². The van der Waals surface area contributed by atoms with Gasteiger partial charge in [0.05, 0.1) is 23.3 Å². The first kappa shape index (κ1) is 47.2.